The van der Waals surface area contributed by atoms with E-state index in [1.807, 2.05) is 36.4 Å². The molecule has 1 aromatic carbocycles. The Kier molecular flexibility index (Phi) is 4.48. The zero-order valence-electron chi connectivity index (χ0n) is 11.3. The lowest BCUT2D eigenvalue weighted by Crippen LogP contribution is -1.99. The monoisotopic (exact) mass is 271 g/mol. The predicted octanol–water partition coefficient (Wildman–Crippen LogP) is 2.82. The molecule has 0 fully saturated rings. The van der Waals surface area contributed by atoms with E-state index in [1.54, 1.807) is 13.1 Å². The minimum absolute atomic E-state index is 0.0872. The minimum Gasteiger partial charge on any atom is -0.481 e. The van der Waals surface area contributed by atoms with Gasteiger partial charge in [-0.25, -0.2) is 0 Å². The number of aliphatic carboxylic acids is 1. The molecule has 4 heteroatoms. The van der Waals surface area contributed by atoms with Crippen LogP contribution in [0.15, 0.2) is 42.6 Å². The van der Waals surface area contributed by atoms with E-state index in [4.69, 9.17) is 5.11 Å². The van der Waals surface area contributed by atoms with Crippen molar-refractivity contribution in [2.24, 2.45) is 0 Å². The second-order valence-corrected chi connectivity index (χ2v) is 4.73. The van der Waals surface area contributed by atoms with Crippen LogP contribution < -0.4 is 0 Å². The third kappa shape index (κ3) is 3.65. The molecular formula is C16H17NO3. The Morgan fingerprint density at radius 3 is 2.65 bits per heavy atom. The highest BCUT2D eigenvalue weighted by molar-refractivity contribution is 5.67. The number of rotatable bonds is 5. The van der Waals surface area contributed by atoms with E-state index in [0.29, 0.717) is 6.42 Å². The third-order valence-corrected chi connectivity index (χ3v) is 3.12. The molecule has 1 atom stereocenters. The molecular weight excluding hydrogens is 254 g/mol. The number of carboxylic acids is 1. The van der Waals surface area contributed by atoms with E-state index in [1.165, 1.54) is 0 Å². The van der Waals surface area contributed by atoms with Crippen molar-refractivity contribution < 1.29 is 15.0 Å². The summed E-state index contributed by atoms with van der Waals surface area (Å²) in [5.41, 5.74) is 3.56. The van der Waals surface area contributed by atoms with E-state index >= 15 is 0 Å². The Morgan fingerprint density at radius 2 is 2.05 bits per heavy atom. The number of hydrogen-bond acceptors (Lipinski definition) is 3. The number of aromatic nitrogens is 1. The zero-order valence-corrected chi connectivity index (χ0v) is 11.3. The van der Waals surface area contributed by atoms with Gasteiger partial charge in [0, 0.05) is 23.9 Å². The van der Waals surface area contributed by atoms with Gasteiger partial charge in [0.15, 0.2) is 0 Å². The standard InChI is InChI=1S/C16H17NO3/c1-11(18)12-3-2-4-13(9-12)14-5-6-15(17-10-14)7-8-16(19)20/h2-6,9-11,18H,7-8H2,1H3,(H,19,20). The first-order chi connectivity index (χ1) is 9.56. The molecule has 0 aliphatic rings. The second kappa shape index (κ2) is 6.30. The lowest BCUT2D eigenvalue weighted by Gasteiger charge is -2.08. The molecule has 0 spiro atoms. The van der Waals surface area contributed by atoms with Gasteiger partial charge in [-0.15, -0.1) is 0 Å². The van der Waals surface area contributed by atoms with Gasteiger partial charge in [0.2, 0.25) is 0 Å². The van der Waals surface area contributed by atoms with Crippen molar-refractivity contribution in [1.29, 1.82) is 0 Å². The topological polar surface area (TPSA) is 70.4 Å². The van der Waals surface area contributed by atoms with E-state index < -0.39 is 12.1 Å². The normalized spacial score (nSPS) is 12.1. The van der Waals surface area contributed by atoms with Crippen molar-refractivity contribution in [3.63, 3.8) is 0 Å². The van der Waals surface area contributed by atoms with Crippen LogP contribution >= 0.6 is 0 Å². The SMILES string of the molecule is CC(O)c1cccc(-c2ccc(CCC(=O)O)nc2)c1. The lowest BCUT2D eigenvalue weighted by molar-refractivity contribution is -0.136. The summed E-state index contributed by atoms with van der Waals surface area (Å²) in [5, 5.41) is 18.2. The molecule has 2 aromatic rings. The first-order valence-electron chi connectivity index (χ1n) is 6.51. The number of aliphatic hydroxyl groups excluding tert-OH is 1. The van der Waals surface area contributed by atoms with Crippen LogP contribution in [0.2, 0.25) is 0 Å². The summed E-state index contributed by atoms with van der Waals surface area (Å²) in [5.74, 6) is -0.819. The molecule has 0 aliphatic heterocycles. The molecule has 104 valence electrons. The molecule has 1 aromatic heterocycles. The number of aryl methyl sites for hydroxylation is 1. The molecule has 1 unspecified atom stereocenters. The Hall–Kier alpha value is -2.20. The maximum absolute atomic E-state index is 10.5. The number of nitrogens with zero attached hydrogens (tertiary/aromatic N) is 1. The molecule has 0 aliphatic carbocycles. The molecule has 2 N–H and O–H groups in total. The van der Waals surface area contributed by atoms with Crippen molar-refractivity contribution in [2.45, 2.75) is 25.9 Å². The highest BCUT2D eigenvalue weighted by Gasteiger charge is 2.05. The summed E-state index contributed by atoms with van der Waals surface area (Å²) in [7, 11) is 0. The number of aliphatic hydroxyl groups is 1. The molecule has 0 saturated carbocycles. The van der Waals surface area contributed by atoms with E-state index in [0.717, 1.165) is 22.4 Å². The number of carboxylic acid groups (broad SMARTS) is 1. The van der Waals surface area contributed by atoms with Crippen LogP contribution in [-0.2, 0) is 11.2 Å². The fraction of sp³-hybridized carbons (Fsp3) is 0.250. The summed E-state index contributed by atoms with van der Waals surface area (Å²) in [6, 6.07) is 11.4. The van der Waals surface area contributed by atoms with Gasteiger partial charge in [0.05, 0.1) is 12.5 Å². The molecule has 20 heavy (non-hydrogen) atoms. The highest BCUT2D eigenvalue weighted by Crippen LogP contribution is 2.22. The maximum Gasteiger partial charge on any atom is 0.303 e. The first-order valence-corrected chi connectivity index (χ1v) is 6.51. The van der Waals surface area contributed by atoms with E-state index in [2.05, 4.69) is 4.98 Å². The minimum atomic E-state index is -0.819. The first kappa shape index (κ1) is 14.2. The van der Waals surface area contributed by atoms with Gasteiger partial charge in [-0.05, 0) is 30.2 Å². The van der Waals surface area contributed by atoms with Gasteiger partial charge in [-0.2, -0.15) is 0 Å². The van der Waals surface area contributed by atoms with Gasteiger partial charge >= 0.3 is 5.97 Å². The van der Waals surface area contributed by atoms with E-state index in [-0.39, 0.29) is 6.42 Å². The molecule has 1 heterocycles. The Balaban J connectivity index is 2.17. The number of benzene rings is 1. The van der Waals surface area contributed by atoms with Crippen LogP contribution in [0, 0.1) is 0 Å². The summed E-state index contributed by atoms with van der Waals surface area (Å²) < 4.78 is 0. The molecule has 2 rings (SSSR count). The zero-order chi connectivity index (χ0) is 14.5. The Labute approximate surface area is 117 Å². The number of hydrogen-bond donors (Lipinski definition) is 2. The average Bonchev–Trinajstić information content (AvgIpc) is 2.46. The fourth-order valence-electron chi connectivity index (χ4n) is 1.96. The van der Waals surface area contributed by atoms with Crippen LogP contribution in [0.25, 0.3) is 11.1 Å². The van der Waals surface area contributed by atoms with Crippen molar-refractivity contribution in [3.8, 4) is 11.1 Å². The molecule has 0 saturated heterocycles. The van der Waals surface area contributed by atoms with Crippen LogP contribution in [0.3, 0.4) is 0 Å². The Morgan fingerprint density at radius 1 is 1.25 bits per heavy atom. The predicted molar refractivity (Wildman–Crippen MR) is 76.3 cm³/mol. The van der Waals surface area contributed by atoms with Crippen molar-refractivity contribution in [1.82, 2.24) is 4.98 Å². The number of carbonyl (C=O) groups is 1. The smallest absolute Gasteiger partial charge is 0.303 e. The fourth-order valence-corrected chi connectivity index (χ4v) is 1.96. The van der Waals surface area contributed by atoms with Crippen LogP contribution in [-0.4, -0.2) is 21.2 Å². The van der Waals surface area contributed by atoms with E-state index in [9.17, 15) is 9.90 Å². The van der Waals surface area contributed by atoms with Gasteiger partial charge in [-0.1, -0.05) is 24.3 Å². The van der Waals surface area contributed by atoms with Gasteiger partial charge < -0.3 is 10.2 Å². The average molecular weight is 271 g/mol. The largest absolute Gasteiger partial charge is 0.481 e. The van der Waals surface area contributed by atoms with Crippen molar-refractivity contribution in [3.05, 3.63) is 53.9 Å². The highest BCUT2D eigenvalue weighted by atomic mass is 16.4. The second-order valence-electron chi connectivity index (χ2n) is 4.73. The summed E-state index contributed by atoms with van der Waals surface area (Å²) >= 11 is 0. The molecule has 0 amide bonds. The summed E-state index contributed by atoms with van der Waals surface area (Å²) in [6.07, 6.45) is 1.75. The molecule has 4 nitrogen and oxygen atoms in total. The van der Waals surface area contributed by atoms with Crippen LogP contribution in [0.1, 0.15) is 30.7 Å². The van der Waals surface area contributed by atoms with Crippen molar-refractivity contribution in [2.75, 3.05) is 0 Å². The van der Waals surface area contributed by atoms with Crippen molar-refractivity contribution >= 4 is 5.97 Å². The van der Waals surface area contributed by atoms with Crippen LogP contribution in [0.4, 0.5) is 0 Å². The van der Waals surface area contributed by atoms with Crippen LogP contribution in [0.5, 0.6) is 0 Å². The summed E-state index contributed by atoms with van der Waals surface area (Å²) in [4.78, 5) is 14.8. The third-order valence-electron chi connectivity index (χ3n) is 3.12. The maximum atomic E-state index is 10.5. The van der Waals surface area contributed by atoms with Gasteiger partial charge in [0.1, 0.15) is 0 Å². The van der Waals surface area contributed by atoms with Gasteiger partial charge in [-0.3, -0.25) is 9.78 Å². The summed E-state index contributed by atoms with van der Waals surface area (Å²) in [6.45, 7) is 1.73. The molecule has 0 radical (unpaired) electrons. The quantitative estimate of drug-likeness (QED) is 0.877. The van der Waals surface area contributed by atoms with Gasteiger partial charge in [0.25, 0.3) is 0 Å². The Bertz CT molecular complexity index is 591. The number of pyridine rings is 1. The lowest BCUT2D eigenvalue weighted by atomic mass is 10.0. The molecule has 0 bridgehead atoms.